The molecule has 0 amide bonds. The summed E-state index contributed by atoms with van der Waals surface area (Å²) in [4.78, 5) is 26.6. The van der Waals surface area contributed by atoms with E-state index in [-0.39, 0.29) is 5.56 Å². The van der Waals surface area contributed by atoms with Gasteiger partial charge in [0.25, 0.3) is 11.5 Å². The molecular weight excluding hydrogens is 364 g/mol. The Kier molecular flexibility index (Phi) is 4.68. The van der Waals surface area contributed by atoms with Crippen molar-refractivity contribution in [1.82, 2.24) is 19.6 Å². The van der Waals surface area contributed by atoms with E-state index in [0.717, 1.165) is 11.1 Å². The summed E-state index contributed by atoms with van der Waals surface area (Å²) >= 11 is 0. The number of nitrogens with zero attached hydrogens (tertiary/aromatic N) is 4. The smallest absolute Gasteiger partial charge is 0.267 e. The highest BCUT2D eigenvalue weighted by Crippen LogP contribution is 2.32. The largest absolute Gasteiger partial charge is 0.284 e. The molecule has 4 rings (SSSR count). The molecule has 2 aromatic heterocycles. The van der Waals surface area contributed by atoms with Gasteiger partial charge in [-0.2, -0.15) is 10.2 Å². The van der Waals surface area contributed by atoms with Crippen molar-refractivity contribution in [2.75, 3.05) is 0 Å². The molecule has 0 saturated carbocycles. The number of aromatic nitrogens is 4. The Bertz CT molecular complexity index is 1260. The van der Waals surface area contributed by atoms with Crippen LogP contribution in [0.1, 0.15) is 21.7 Å². The van der Waals surface area contributed by atoms with Crippen LogP contribution < -0.4 is 5.56 Å². The highest BCUT2D eigenvalue weighted by atomic mass is 16.2. The van der Waals surface area contributed by atoms with E-state index in [0.29, 0.717) is 22.6 Å². The van der Waals surface area contributed by atoms with Gasteiger partial charge in [0.15, 0.2) is 0 Å². The van der Waals surface area contributed by atoms with E-state index in [9.17, 15) is 9.59 Å². The van der Waals surface area contributed by atoms with Crippen molar-refractivity contribution in [2.24, 2.45) is 7.05 Å². The maximum atomic E-state index is 13.5. The molecule has 4 aromatic rings. The van der Waals surface area contributed by atoms with Crippen LogP contribution in [0.2, 0.25) is 0 Å². The van der Waals surface area contributed by atoms with Crippen LogP contribution in [0.5, 0.6) is 0 Å². The minimum Gasteiger partial charge on any atom is -0.267 e. The first-order valence-corrected chi connectivity index (χ1v) is 9.27. The first-order chi connectivity index (χ1) is 14.0. The van der Waals surface area contributed by atoms with Gasteiger partial charge in [-0.3, -0.25) is 9.59 Å². The van der Waals surface area contributed by atoms with E-state index in [1.165, 1.54) is 9.36 Å². The molecule has 6 heteroatoms. The third kappa shape index (κ3) is 3.29. The van der Waals surface area contributed by atoms with Crippen LogP contribution in [0.4, 0.5) is 0 Å². The number of hydrogen-bond donors (Lipinski definition) is 0. The number of benzene rings is 2. The summed E-state index contributed by atoms with van der Waals surface area (Å²) in [5, 5.41) is 8.80. The van der Waals surface area contributed by atoms with E-state index < -0.39 is 11.5 Å². The van der Waals surface area contributed by atoms with Crippen molar-refractivity contribution >= 4 is 5.91 Å². The highest BCUT2D eigenvalue weighted by molar-refractivity contribution is 6.04. The van der Waals surface area contributed by atoms with Crippen molar-refractivity contribution < 1.29 is 4.79 Å². The topological polar surface area (TPSA) is 69.8 Å². The summed E-state index contributed by atoms with van der Waals surface area (Å²) in [6.07, 6.45) is 0. The maximum Gasteiger partial charge on any atom is 0.284 e. The van der Waals surface area contributed by atoms with Crippen molar-refractivity contribution in [3.05, 3.63) is 94.0 Å². The molecule has 0 aliphatic carbocycles. The molecule has 0 atom stereocenters. The van der Waals surface area contributed by atoms with Gasteiger partial charge < -0.3 is 0 Å². The Hall–Kier alpha value is -3.80. The zero-order valence-electron chi connectivity index (χ0n) is 16.5. The number of aryl methyl sites for hydroxylation is 3. The quantitative estimate of drug-likeness (QED) is 0.541. The van der Waals surface area contributed by atoms with E-state index in [2.05, 4.69) is 10.2 Å². The van der Waals surface area contributed by atoms with Gasteiger partial charge in [0.1, 0.15) is 5.56 Å². The number of rotatable bonds is 3. The van der Waals surface area contributed by atoms with Crippen molar-refractivity contribution in [1.29, 1.82) is 0 Å². The second kappa shape index (κ2) is 7.31. The minimum atomic E-state index is -0.463. The standard InChI is InChI=1S/C23H20N4O2/c1-15-14-16(2)27(24-15)23(29)20-19(17-10-6-4-7-11-17)21(25-26(3)22(20)28)18-12-8-5-9-13-18/h4-14H,1-3H3. The van der Waals surface area contributed by atoms with Gasteiger partial charge in [-0.25, -0.2) is 9.36 Å². The predicted octanol–water partition coefficient (Wildman–Crippen LogP) is 3.62. The van der Waals surface area contributed by atoms with Gasteiger partial charge in [0, 0.05) is 23.9 Å². The summed E-state index contributed by atoms with van der Waals surface area (Å²) in [5.74, 6) is -0.463. The Labute approximate surface area is 168 Å². The number of hydrogen-bond acceptors (Lipinski definition) is 4. The van der Waals surface area contributed by atoms with Gasteiger partial charge in [-0.05, 0) is 25.5 Å². The second-order valence-corrected chi connectivity index (χ2v) is 6.90. The molecule has 0 unspecified atom stereocenters. The molecule has 0 saturated heterocycles. The lowest BCUT2D eigenvalue weighted by Gasteiger charge is -2.15. The molecule has 0 bridgehead atoms. The van der Waals surface area contributed by atoms with Gasteiger partial charge in [-0.1, -0.05) is 60.7 Å². The van der Waals surface area contributed by atoms with Crippen LogP contribution in [0.25, 0.3) is 22.4 Å². The molecule has 2 aromatic carbocycles. The fourth-order valence-electron chi connectivity index (χ4n) is 3.46. The van der Waals surface area contributed by atoms with Gasteiger partial charge in [-0.15, -0.1) is 0 Å². The Morgan fingerprint density at radius 2 is 1.45 bits per heavy atom. The van der Waals surface area contributed by atoms with Crippen LogP contribution in [0, 0.1) is 13.8 Å². The second-order valence-electron chi connectivity index (χ2n) is 6.90. The highest BCUT2D eigenvalue weighted by Gasteiger charge is 2.26. The molecule has 144 valence electrons. The van der Waals surface area contributed by atoms with Gasteiger partial charge in [0.2, 0.25) is 0 Å². The van der Waals surface area contributed by atoms with Gasteiger partial charge >= 0.3 is 0 Å². The van der Waals surface area contributed by atoms with E-state index >= 15 is 0 Å². The summed E-state index contributed by atoms with van der Waals surface area (Å²) in [6.45, 7) is 3.61. The Morgan fingerprint density at radius 1 is 0.862 bits per heavy atom. The van der Waals surface area contributed by atoms with E-state index in [4.69, 9.17) is 0 Å². The first-order valence-electron chi connectivity index (χ1n) is 9.27. The van der Waals surface area contributed by atoms with E-state index in [1.807, 2.05) is 73.7 Å². The zero-order chi connectivity index (χ0) is 20.5. The fourth-order valence-corrected chi connectivity index (χ4v) is 3.46. The van der Waals surface area contributed by atoms with Crippen LogP contribution in [0.3, 0.4) is 0 Å². The SMILES string of the molecule is Cc1cc(C)n(C(=O)c2c(-c3ccccc3)c(-c3ccccc3)nn(C)c2=O)n1. The molecule has 6 nitrogen and oxygen atoms in total. The van der Waals surface area contributed by atoms with E-state index in [1.54, 1.807) is 14.0 Å². The Morgan fingerprint density at radius 3 is 2.00 bits per heavy atom. The Balaban J connectivity index is 2.09. The molecule has 0 N–H and O–H groups in total. The molecule has 0 spiro atoms. The molecule has 0 fully saturated rings. The summed E-state index contributed by atoms with van der Waals surface area (Å²) in [7, 11) is 1.56. The molecule has 0 aliphatic heterocycles. The van der Waals surface area contributed by atoms with Crippen molar-refractivity contribution in [3.8, 4) is 22.4 Å². The lowest BCUT2D eigenvalue weighted by atomic mass is 9.95. The molecule has 0 aliphatic rings. The molecular formula is C23H20N4O2. The molecule has 0 radical (unpaired) electrons. The fraction of sp³-hybridized carbons (Fsp3) is 0.130. The number of carbonyl (C=O) groups excluding carboxylic acids is 1. The molecule has 2 heterocycles. The normalized spacial score (nSPS) is 10.9. The van der Waals surface area contributed by atoms with Crippen LogP contribution in [0.15, 0.2) is 71.5 Å². The zero-order valence-corrected chi connectivity index (χ0v) is 16.5. The number of carbonyl (C=O) groups is 1. The average molecular weight is 384 g/mol. The monoisotopic (exact) mass is 384 g/mol. The van der Waals surface area contributed by atoms with Crippen LogP contribution in [-0.2, 0) is 7.05 Å². The van der Waals surface area contributed by atoms with Crippen LogP contribution in [-0.4, -0.2) is 25.5 Å². The predicted molar refractivity (Wildman–Crippen MR) is 112 cm³/mol. The molecule has 29 heavy (non-hydrogen) atoms. The minimum absolute atomic E-state index is 0.0544. The first kappa shape index (κ1) is 18.6. The third-order valence-electron chi connectivity index (χ3n) is 4.77. The maximum absolute atomic E-state index is 13.5. The lowest BCUT2D eigenvalue weighted by Crippen LogP contribution is -2.31. The summed E-state index contributed by atoms with van der Waals surface area (Å²) < 4.78 is 2.50. The van der Waals surface area contributed by atoms with Crippen molar-refractivity contribution in [2.45, 2.75) is 13.8 Å². The lowest BCUT2D eigenvalue weighted by molar-refractivity contribution is 0.0940. The van der Waals surface area contributed by atoms with Gasteiger partial charge in [0.05, 0.1) is 11.4 Å². The summed E-state index contributed by atoms with van der Waals surface area (Å²) in [5.41, 5.74) is 3.64. The summed E-state index contributed by atoms with van der Waals surface area (Å²) in [6, 6.07) is 20.7. The third-order valence-corrected chi connectivity index (χ3v) is 4.77. The average Bonchev–Trinajstić information content (AvgIpc) is 3.08. The van der Waals surface area contributed by atoms with Crippen molar-refractivity contribution in [3.63, 3.8) is 0 Å². The van der Waals surface area contributed by atoms with Crippen LogP contribution >= 0.6 is 0 Å².